The lowest BCUT2D eigenvalue weighted by molar-refractivity contribution is 0.300. The number of halogens is 3. The molecule has 0 unspecified atom stereocenters. The first-order chi connectivity index (χ1) is 14.4. The number of benzene rings is 2. The van der Waals surface area contributed by atoms with Crippen LogP contribution < -0.4 is 15.2 Å². The molecule has 152 valence electrons. The summed E-state index contributed by atoms with van der Waals surface area (Å²) in [6.07, 6.45) is 0. The minimum Gasteiger partial charge on any atom is -0.486 e. The zero-order valence-electron chi connectivity index (χ0n) is 15.7. The van der Waals surface area contributed by atoms with E-state index in [0.717, 1.165) is 5.69 Å². The lowest BCUT2D eigenvalue weighted by Gasteiger charge is -2.24. The molecule has 1 aromatic heterocycles. The summed E-state index contributed by atoms with van der Waals surface area (Å²) in [5.41, 5.74) is 8.54. The van der Waals surface area contributed by atoms with Crippen LogP contribution in [0.1, 0.15) is 28.3 Å². The molecule has 0 aliphatic carbocycles. The number of nitriles is 1. The number of ether oxygens (including phenoxy) is 2. The number of hydrogen-bond acceptors (Lipinski definition) is 5. The van der Waals surface area contributed by atoms with Gasteiger partial charge in [-0.05, 0) is 30.7 Å². The second-order valence-corrected chi connectivity index (χ2v) is 7.50. The number of H-pyrrole nitrogens is 1. The highest BCUT2D eigenvalue weighted by atomic mass is 35.5. The highest BCUT2D eigenvalue weighted by Crippen LogP contribution is 2.45. The van der Waals surface area contributed by atoms with Crippen molar-refractivity contribution in [2.45, 2.75) is 19.4 Å². The molecule has 2 aromatic carbocycles. The van der Waals surface area contributed by atoms with Gasteiger partial charge in [-0.2, -0.15) is 5.26 Å². The number of nitrogens with two attached hydrogens (primary N) is 1. The Kier molecular flexibility index (Phi) is 5.29. The summed E-state index contributed by atoms with van der Waals surface area (Å²) in [4.78, 5) is 0. The van der Waals surface area contributed by atoms with Crippen LogP contribution in [-0.2, 0) is 6.61 Å². The average molecular weight is 445 g/mol. The molecule has 3 aromatic rings. The molecule has 0 fully saturated rings. The minimum atomic E-state index is -0.562. The summed E-state index contributed by atoms with van der Waals surface area (Å²) in [5, 5.41) is 17.0. The number of fused-ring (bicyclic) bond motifs is 1. The fraction of sp³-hybridized carbons (Fsp3) is 0.143. The standard InChI is InChI=1S/C21H15Cl2FN4O2/c1-10-17-18(13(8-25)20(26)30-21(17)28-27-10)12-6-14(22)19(15(23)7-12)29-9-11-4-2-3-5-16(11)24/h2-7,18H,9,26H2,1H3,(H,27,28)/t18-/m0/s1. The Morgan fingerprint density at radius 1 is 1.30 bits per heavy atom. The fourth-order valence-electron chi connectivity index (χ4n) is 3.38. The third kappa shape index (κ3) is 3.45. The van der Waals surface area contributed by atoms with Gasteiger partial charge < -0.3 is 15.2 Å². The van der Waals surface area contributed by atoms with E-state index in [1.807, 2.05) is 6.92 Å². The molecule has 6 nitrogen and oxygen atoms in total. The SMILES string of the molecule is Cc1[nH]nc2c1[C@@H](c1cc(Cl)c(OCc3ccccc3F)c(Cl)c1)C(C#N)=C(N)O2. The Morgan fingerprint density at radius 3 is 2.67 bits per heavy atom. The first kappa shape index (κ1) is 20.1. The van der Waals surface area contributed by atoms with Gasteiger partial charge in [0.2, 0.25) is 11.8 Å². The molecule has 0 saturated carbocycles. The van der Waals surface area contributed by atoms with Crippen molar-refractivity contribution in [2.75, 3.05) is 0 Å². The van der Waals surface area contributed by atoms with Gasteiger partial charge in [-0.1, -0.05) is 41.4 Å². The minimum absolute atomic E-state index is 0.0337. The second-order valence-electron chi connectivity index (χ2n) is 6.69. The highest BCUT2D eigenvalue weighted by molar-refractivity contribution is 6.37. The van der Waals surface area contributed by atoms with Crippen LogP contribution in [0.5, 0.6) is 11.6 Å². The third-order valence-electron chi connectivity index (χ3n) is 4.81. The maximum Gasteiger partial charge on any atom is 0.244 e. The molecule has 9 heteroatoms. The van der Waals surface area contributed by atoms with Crippen molar-refractivity contribution >= 4 is 23.2 Å². The first-order valence-electron chi connectivity index (χ1n) is 8.88. The topological polar surface area (TPSA) is 97.0 Å². The molecule has 0 saturated heterocycles. The summed E-state index contributed by atoms with van der Waals surface area (Å²) in [6, 6.07) is 11.6. The molecule has 0 spiro atoms. The van der Waals surface area contributed by atoms with E-state index in [2.05, 4.69) is 16.3 Å². The predicted octanol–water partition coefficient (Wildman–Crippen LogP) is 4.96. The Labute approximate surface area is 181 Å². The molecule has 0 radical (unpaired) electrons. The van der Waals surface area contributed by atoms with E-state index in [1.165, 1.54) is 6.07 Å². The van der Waals surface area contributed by atoms with Crippen molar-refractivity contribution in [2.24, 2.45) is 5.73 Å². The lowest BCUT2D eigenvalue weighted by Crippen LogP contribution is -2.21. The maximum atomic E-state index is 13.9. The maximum absolute atomic E-state index is 13.9. The van der Waals surface area contributed by atoms with Gasteiger partial charge in [0.15, 0.2) is 5.75 Å². The normalized spacial score (nSPS) is 15.4. The molecule has 4 rings (SSSR count). The number of nitrogens with zero attached hydrogens (tertiary/aromatic N) is 2. The van der Waals surface area contributed by atoms with Crippen molar-refractivity contribution in [1.29, 1.82) is 5.26 Å². The monoisotopic (exact) mass is 444 g/mol. The molecule has 0 bridgehead atoms. The number of nitrogens with one attached hydrogen (secondary N) is 1. The first-order valence-corrected chi connectivity index (χ1v) is 9.64. The molecule has 1 atom stereocenters. The second kappa shape index (κ2) is 7.90. The number of hydrogen-bond donors (Lipinski definition) is 2. The van der Waals surface area contributed by atoms with Crippen LogP contribution in [0.3, 0.4) is 0 Å². The summed E-state index contributed by atoms with van der Waals surface area (Å²) in [6.45, 7) is 1.78. The Hall–Kier alpha value is -3.21. The van der Waals surface area contributed by atoms with E-state index in [-0.39, 0.29) is 39.7 Å². The molecule has 30 heavy (non-hydrogen) atoms. The number of aromatic amines is 1. The van der Waals surface area contributed by atoms with Crippen molar-refractivity contribution in [3.63, 3.8) is 0 Å². The number of rotatable bonds is 4. The van der Waals surface area contributed by atoms with Crippen molar-refractivity contribution in [3.8, 4) is 17.7 Å². The summed E-state index contributed by atoms with van der Waals surface area (Å²) in [7, 11) is 0. The smallest absolute Gasteiger partial charge is 0.244 e. The molecule has 0 amide bonds. The number of aromatic nitrogens is 2. The summed E-state index contributed by atoms with van der Waals surface area (Å²) in [5.74, 6) is -0.467. The highest BCUT2D eigenvalue weighted by Gasteiger charge is 2.35. The van der Waals surface area contributed by atoms with Crippen molar-refractivity contribution < 1.29 is 13.9 Å². The predicted molar refractivity (Wildman–Crippen MR) is 110 cm³/mol. The zero-order valence-corrected chi connectivity index (χ0v) is 17.2. The molecular formula is C21H15Cl2FN4O2. The van der Waals surface area contributed by atoms with Gasteiger partial charge in [0.25, 0.3) is 0 Å². The third-order valence-corrected chi connectivity index (χ3v) is 5.37. The number of aryl methyl sites for hydroxylation is 1. The Balaban J connectivity index is 1.72. The van der Waals surface area contributed by atoms with E-state index in [0.29, 0.717) is 22.6 Å². The van der Waals surface area contributed by atoms with Gasteiger partial charge in [-0.15, -0.1) is 5.10 Å². The summed E-state index contributed by atoms with van der Waals surface area (Å²) >= 11 is 12.9. The van der Waals surface area contributed by atoms with E-state index in [9.17, 15) is 9.65 Å². The summed E-state index contributed by atoms with van der Waals surface area (Å²) < 4.78 is 25.0. The zero-order chi connectivity index (χ0) is 21.4. The van der Waals surface area contributed by atoms with Gasteiger partial charge in [0.1, 0.15) is 24.1 Å². The van der Waals surface area contributed by atoms with Crippen LogP contribution in [-0.4, -0.2) is 10.2 Å². The van der Waals surface area contributed by atoms with Gasteiger partial charge in [0.05, 0.1) is 16.0 Å². The van der Waals surface area contributed by atoms with Crippen LogP contribution in [0, 0.1) is 24.1 Å². The molecule has 3 N–H and O–H groups in total. The van der Waals surface area contributed by atoms with Crippen molar-refractivity contribution in [3.05, 3.63) is 86.1 Å². The van der Waals surface area contributed by atoms with Crippen molar-refractivity contribution in [1.82, 2.24) is 10.2 Å². The number of allylic oxidation sites excluding steroid dienone is 1. The Bertz CT molecular complexity index is 1190. The average Bonchev–Trinajstić information content (AvgIpc) is 3.07. The van der Waals surface area contributed by atoms with E-state index in [4.69, 9.17) is 38.4 Å². The quantitative estimate of drug-likeness (QED) is 0.592. The molecule has 1 aliphatic rings. The Morgan fingerprint density at radius 2 is 2.00 bits per heavy atom. The van der Waals surface area contributed by atoms with Crippen LogP contribution in [0.2, 0.25) is 10.0 Å². The van der Waals surface area contributed by atoms with E-state index < -0.39 is 5.92 Å². The van der Waals surface area contributed by atoms with Gasteiger partial charge in [0, 0.05) is 16.8 Å². The van der Waals surface area contributed by atoms with Crippen LogP contribution in [0.25, 0.3) is 0 Å². The van der Waals surface area contributed by atoms with Gasteiger partial charge in [-0.3, -0.25) is 5.10 Å². The van der Waals surface area contributed by atoms with Crippen LogP contribution in [0.4, 0.5) is 4.39 Å². The fourth-order valence-corrected chi connectivity index (χ4v) is 3.99. The lowest BCUT2D eigenvalue weighted by atomic mass is 9.84. The van der Waals surface area contributed by atoms with E-state index in [1.54, 1.807) is 30.3 Å². The largest absolute Gasteiger partial charge is 0.486 e. The van der Waals surface area contributed by atoms with Gasteiger partial charge in [-0.25, -0.2) is 4.39 Å². The van der Waals surface area contributed by atoms with Crippen LogP contribution >= 0.6 is 23.2 Å². The van der Waals surface area contributed by atoms with Crippen LogP contribution in [0.15, 0.2) is 47.9 Å². The molecular weight excluding hydrogens is 430 g/mol. The van der Waals surface area contributed by atoms with Gasteiger partial charge >= 0.3 is 0 Å². The molecule has 2 heterocycles. The molecule has 1 aliphatic heterocycles. The van der Waals surface area contributed by atoms with E-state index >= 15 is 0 Å².